The number of aromatic hydroxyl groups is 1. The highest BCUT2D eigenvalue weighted by Gasteiger charge is 2.21. The number of nitrogens with zero attached hydrogens (tertiary/aromatic N) is 1. The minimum Gasteiger partial charge on any atom is -0.508 e. The first-order valence-corrected chi connectivity index (χ1v) is 7.64. The van der Waals surface area contributed by atoms with Crippen LogP contribution in [-0.4, -0.2) is 15.9 Å². The summed E-state index contributed by atoms with van der Waals surface area (Å²) in [6.45, 7) is 0. The van der Waals surface area contributed by atoms with Crippen LogP contribution < -0.4 is 0 Å². The van der Waals surface area contributed by atoms with E-state index in [1.807, 2.05) is 12.1 Å². The third-order valence-corrected chi connectivity index (χ3v) is 4.61. The lowest BCUT2D eigenvalue weighted by Crippen LogP contribution is -2.12. The summed E-state index contributed by atoms with van der Waals surface area (Å²) in [7, 11) is 0. The van der Waals surface area contributed by atoms with Crippen molar-refractivity contribution in [1.29, 1.82) is 0 Å². The number of ketones is 1. The van der Waals surface area contributed by atoms with Gasteiger partial charge in [-0.25, -0.2) is 0 Å². The molecule has 0 amide bonds. The summed E-state index contributed by atoms with van der Waals surface area (Å²) in [5.74, 6) is 1.16. The lowest BCUT2D eigenvalue weighted by Gasteiger charge is -2.19. The van der Waals surface area contributed by atoms with Crippen molar-refractivity contribution < 1.29 is 9.90 Å². The molecule has 0 spiro atoms. The molecule has 4 heteroatoms. The van der Waals surface area contributed by atoms with Gasteiger partial charge in [-0.2, -0.15) is 0 Å². The Morgan fingerprint density at radius 1 is 1.15 bits per heavy atom. The lowest BCUT2D eigenvalue weighted by molar-refractivity contribution is 0.0972. The number of benzene rings is 1. The molecule has 3 rings (SSSR count). The van der Waals surface area contributed by atoms with Crippen molar-refractivity contribution >= 4 is 17.5 Å². The molecule has 0 saturated heterocycles. The van der Waals surface area contributed by atoms with Crippen LogP contribution in [0, 0.1) is 0 Å². The van der Waals surface area contributed by atoms with Crippen LogP contribution in [0.2, 0.25) is 0 Å². The van der Waals surface area contributed by atoms with E-state index >= 15 is 0 Å². The zero-order valence-electron chi connectivity index (χ0n) is 11.0. The van der Waals surface area contributed by atoms with Crippen LogP contribution in [0.25, 0.3) is 0 Å². The van der Waals surface area contributed by atoms with Crippen LogP contribution in [0.5, 0.6) is 5.75 Å². The van der Waals surface area contributed by atoms with E-state index in [9.17, 15) is 9.90 Å². The van der Waals surface area contributed by atoms with Crippen LogP contribution in [0.3, 0.4) is 0 Å². The van der Waals surface area contributed by atoms with Crippen molar-refractivity contribution in [3.8, 4) is 5.75 Å². The van der Waals surface area contributed by atoms with E-state index in [0.29, 0.717) is 17.9 Å². The van der Waals surface area contributed by atoms with Gasteiger partial charge in [0.1, 0.15) is 5.75 Å². The molecule has 1 heterocycles. The monoisotopic (exact) mass is 285 g/mol. The van der Waals surface area contributed by atoms with Gasteiger partial charge in [-0.15, -0.1) is 11.8 Å². The van der Waals surface area contributed by atoms with Crippen LogP contribution >= 0.6 is 11.8 Å². The lowest BCUT2D eigenvalue weighted by atomic mass is 9.87. The molecule has 0 aliphatic heterocycles. The highest BCUT2D eigenvalue weighted by atomic mass is 32.2. The zero-order valence-corrected chi connectivity index (χ0v) is 11.8. The van der Waals surface area contributed by atoms with Gasteiger partial charge in [-0.3, -0.25) is 9.78 Å². The normalized spacial score (nSPS) is 14.1. The standard InChI is InChI=1S/C16H15NO2S/c18-15-3-1-2-12-13(15)4-5-16(19)14(12)10-20-11-6-8-17-9-7-11/h4-9,19H,1-3,10H2. The summed E-state index contributed by atoms with van der Waals surface area (Å²) in [5, 5.41) is 10.1. The van der Waals surface area contributed by atoms with E-state index < -0.39 is 0 Å². The number of Topliss-reactive ketones (excluding diaryl/α,β-unsaturated/α-hetero) is 1. The van der Waals surface area contributed by atoms with E-state index in [4.69, 9.17) is 0 Å². The Hall–Kier alpha value is -1.81. The number of hydrogen-bond donors (Lipinski definition) is 1. The van der Waals surface area contributed by atoms with Crippen molar-refractivity contribution in [3.05, 3.63) is 53.3 Å². The van der Waals surface area contributed by atoms with Crippen molar-refractivity contribution in [2.75, 3.05) is 0 Å². The largest absolute Gasteiger partial charge is 0.508 e. The Kier molecular flexibility index (Phi) is 3.74. The number of thioether (sulfide) groups is 1. The molecule has 0 saturated carbocycles. The average molecular weight is 285 g/mol. The highest BCUT2D eigenvalue weighted by Crippen LogP contribution is 2.34. The summed E-state index contributed by atoms with van der Waals surface area (Å²) in [6.07, 6.45) is 5.89. The Bertz CT molecular complexity index is 640. The van der Waals surface area contributed by atoms with Gasteiger partial charge in [0, 0.05) is 40.6 Å². The molecular formula is C16H15NO2S. The Balaban J connectivity index is 1.89. The van der Waals surface area contributed by atoms with Crippen molar-refractivity contribution in [1.82, 2.24) is 4.98 Å². The third kappa shape index (κ3) is 2.56. The van der Waals surface area contributed by atoms with Crippen LogP contribution in [-0.2, 0) is 12.2 Å². The average Bonchev–Trinajstić information content (AvgIpc) is 2.47. The fourth-order valence-corrected chi connectivity index (χ4v) is 3.49. The molecule has 102 valence electrons. The molecule has 0 fully saturated rings. The van der Waals surface area contributed by atoms with Gasteiger partial charge in [0.05, 0.1) is 0 Å². The third-order valence-electron chi connectivity index (χ3n) is 3.57. The molecule has 1 aliphatic rings. The summed E-state index contributed by atoms with van der Waals surface area (Å²) < 4.78 is 0. The van der Waals surface area contributed by atoms with Gasteiger partial charge in [0.25, 0.3) is 0 Å². The first-order chi connectivity index (χ1) is 9.75. The topological polar surface area (TPSA) is 50.2 Å². The minimum absolute atomic E-state index is 0.196. The molecule has 2 aromatic rings. The van der Waals surface area contributed by atoms with Gasteiger partial charge in [0.2, 0.25) is 0 Å². The SMILES string of the molecule is O=C1CCCc2c1ccc(O)c2CSc1ccncc1. The van der Waals surface area contributed by atoms with Crippen molar-refractivity contribution in [2.45, 2.75) is 29.9 Å². The Morgan fingerprint density at radius 3 is 2.75 bits per heavy atom. The number of carbonyl (C=O) groups is 1. The van der Waals surface area contributed by atoms with Gasteiger partial charge < -0.3 is 5.11 Å². The summed E-state index contributed by atoms with van der Waals surface area (Å²) in [5.41, 5.74) is 2.72. The molecular weight excluding hydrogens is 270 g/mol. The second-order valence-electron chi connectivity index (χ2n) is 4.84. The van der Waals surface area contributed by atoms with Gasteiger partial charge in [-0.1, -0.05) is 0 Å². The first-order valence-electron chi connectivity index (χ1n) is 6.65. The van der Waals surface area contributed by atoms with E-state index in [-0.39, 0.29) is 5.78 Å². The highest BCUT2D eigenvalue weighted by molar-refractivity contribution is 7.98. The van der Waals surface area contributed by atoms with Crippen LogP contribution in [0.4, 0.5) is 0 Å². The van der Waals surface area contributed by atoms with E-state index in [2.05, 4.69) is 4.98 Å². The maximum absolute atomic E-state index is 11.9. The zero-order chi connectivity index (χ0) is 13.9. The number of phenols is 1. The number of fused-ring (bicyclic) bond motifs is 1. The van der Waals surface area contributed by atoms with E-state index in [1.165, 1.54) is 0 Å². The maximum atomic E-state index is 11.9. The fourth-order valence-electron chi connectivity index (χ4n) is 2.54. The van der Waals surface area contributed by atoms with Crippen LogP contribution in [0.15, 0.2) is 41.6 Å². The molecule has 3 nitrogen and oxygen atoms in total. The predicted octanol–water partition coefficient (Wildman–Crippen LogP) is 3.60. The second kappa shape index (κ2) is 5.67. The molecule has 0 atom stereocenters. The molecule has 1 aliphatic carbocycles. The fraction of sp³-hybridized carbons (Fsp3) is 0.250. The van der Waals surface area contributed by atoms with Crippen molar-refractivity contribution in [2.24, 2.45) is 0 Å². The smallest absolute Gasteiger partial charge is 0.163 e. The molecule has 1 aromatic heterocycles. The molecule has 0 unspecified atom stereocenters. The Labute approximate surface area is 122 Å². The van der Waals surface area contributed by atoms with Gasteiger partial charge >= 0.3 is 0 Å². The summed E-state index contributed by atoms with van der Waals surface area (Å²) >= 11 is 1.65. The van der Waals surface area contributed by atoms with Crippen LogP contribution in [0.1, 0.15) is 34.3 Å². The van der Waals surface area contributed by atoms with Gasteiger partial charge in [-0.05, 0) is 42.7 Å². The second-order valence-corrected chi connectivity index (χ2v) is 5.89. The summed E-state index contributed by atoms with van der Waals surface area (Å²) in [4.78, 5) is 17.0. The molecule has 0 bridgehead atoms. The molecule has 20 heavy (non-hydrogen) atoms. The van der Waals surface area contributed by atoms with E-state index in [1.54, 1.807) is 36.3 Å². The number of phenolic OH excluding ortho intramolecular Hbond substituents is 1. The molecule has 0 radical (unpaired) electrons. The molecule has 1 N–H and O–H groups in total. The van der Waals surface area contributed by atoms with Crippen molar-refractivity contribution in [3.63, 3.8) is 0 Å². The number of aromatic nitrogens is 1. The quantitative estimate of drug-likeness (QED) is 0.875. The number of pyridine rings is 1. The number of rotatable bonds is 3. The summed E-state index contributed by atoms with van der Waals surface area (Å²) in [6, 6.07) is 7.29. The van der Waals surface area contributed by atoms with E-state index in [0.717, 1.165) is 34.4 Å². The Morgan fingerprint density at radius 2 is 1.95 bits per heavy atom. The molecule has 1 aromatic carbocycles. The minimum atomic E-state index is 0.196. The number of carbonyl (C=O) groups excluding carboxylic acids is 1. The maximum Gasteiger partial charge on any atom is 0.163 e. The number of hydrogen-bond acceptors (Lipinski definition) is 4. The first kappa shape index (κ1) is 13.2. The predicted molar refractivity (Wildman–Crippen MR) is 79.2 cm³/mol. The van der Waals surface area contributed by atoms with Gasteiger partial charge in [0.15, 0.2) is 5.78 Å².